The first-order chi connectivity index (χ1) is 20.1. The Morgan fingerprint density at radius 2 is 1.39 bits per heavy atom. The predicted octanol–water partition coefficient (Wildman–Crippen LogP) is 9.79. The second kappa shape index (κ2) is 16.3. The Labute approximate surface area is 243 Å². The van der Waals surface area contributed by atoms with Crippen LogP contribution in [-0.4, -0.2) is 33.2 Å². The molecular formula is C34H46F4O3. The van der Waals surface area contributed by atoms with E-state index in [1.165, 1.54) is 6.42 Å². The van der Waals surface area contributed by atoms with E-state index in [1.54, 1.807) is 12.1 Å². The van der Waals surface area contributed by atoms with E-state index in [2.05, 4.69) is 0 Å². The summed E-state index contributed by atoms with van der Waals surface area (Å²) in [5.41, 5.74) is 2.05. The molecule has 2 aromatic rings. The van der Waals surface area contributed by atoms with Gasteiger partial charge in [-0.2, -0.15) is 4.39 Å². The van der Waals surface area contributed by atoms with Crippen LogP contribution in [-0.2, 0) is 6.42 Å². The molecule has 41 heavy (non-hydrogen) atoms. The molecule has 0 N–H and O–H groups in total. The number of unbranched alkanes of at least 4 members (excludes halogenated alkanes) is 1. The molecule has 0 heterocycles. The standard InChI is InChI=1S/C34H46F4O3/c1-2-3-20-39-30-17-16-28(31(37)32(30)38)29(25-12-8-5-9-13-25)23-26-14-15-27(24-10-6-4-7-11-24)34(41-22-19-36)33(26)40-21-18-35/h14-17,24-25,29H,2-13,18-23H2,1H3. The summed E-state index contributed by atoms with van der Waals surface area (Å²) in [6.07, 6.45) is 12.5. The van der Waals surface area contributed by atoms with Gasteiger partial charge in [0.1, 0.15) is 26.6 Å². The molecule has 4 rings (SSSR count). The molecule has 1 unspecified atom stereocenters. The summed E-state index contributed by atoms with van der Waals surface area (Å²) in [5.74, 6) is -0.867. The van der Waals surface area contributed by atoms with E-state index in [1.807, 2.05) is 19.1 Å². The zero-order chi connectivity index (χ0) is 29.0. The van der Waals surface area contributed by atoms with Crippen molar-refractivity contribution < 1.29 is 31.8 Å². The lowest BCUT2D eigenvalue weighted by Gasteiger charge is -2.32. The van der Waals surface area contributed by atoms with Crippen molar-refractivity contribution in [3.8, 4) is 17.2 Å². The average molecular weight is 579 g/mol. The van der Waals surface area contributed by atoms with Gasteiger partial charge in [-0.1, -0.05) is 70.1 Å². The van der Waals surface area contributed by atoms with E-state index < -0.39 is 25.0 Å². The second-order valence-corrected chi connectivity index (χ2v) is 11.6. The molecule has 2 saturated carbocycles. The Bertz CT molecular complexity index is 1080. The minimum Gasteiger partial charge on any atom is -0.490 e. The molecule has 0 aliphatic heterocycles. The molecular weight excluding hydrogens is 532 g/mol. The third-order valence-corrected chi connectivity index (χ3v) is 8.81. The smallest absolute Gasteiger partial charge is 0.200 e. The molecule has 2 aliphatic carbocycles. The van der Waals surface area contributed by atoms with Gasteiger partial charge in [-0.05, 0) is 73.5 Å². The van der Waals surface area contributed by atoms with E-state index in [-0.39, 0.29) is 36.7 Å². The molecule has 2 fully saturated rings. The van der Waals surface area contributed by atoms with Gasteiger partial charge in [0.25, 0.3) is 0 Å². The monoisotopic (exact) mass is 578 g/mol. The number of benzene rings is 2. The van der Waals surface area contributed by atoms with Crippen molar-refractivity contribution in [2.45, 2.75) is 102 Å². The average Bonchev–Trinajstić information content (AvgIpc) is 3.01. The summed E-state index contributed by atoms with van der Waals surface area (Å²) in [4.78, 5) is 0. The predicted molar refractivity (Wildman–Crippen MR) is 155 cm³/mol. The Balaban J connectivity index is 1.74. The molecule has 228 valence electrons. The fourth-order valence-electron chi connectivity index (χ4n) is 6.68. The number of halogens is 4. The second-order valence-electron chi connectivity index (χ2n) is 11.6. The van der Waals surface area contributed by atoms with Gasteiger partial charge in [-0.15, -0.1) is 0 Å². The molecule has 0 radical (unpaired) electrons. The topological polar surface area (TPSA) is 27.7 Å². The highest BCUT2D eigenvalue weighted by Crippen LogP contribution is 2.47. The number of alkyl halides is 2. The van der Waals surface area contributed by atoms with Crippen LogP contribution in [0.25, 0.3) is 0 Å². The minimum atomic E-state index is -0.951. The van der Waals surface area contributed by atoms with Crippen LogP contribution in [0.1, 0.15) is 112 Å². The van der Waals surface area contributed by atoms with Crippen molar-refractivity contribution >= 4 is 0 Å². The van der Waals surface area contributed by atoms with Crippen molar-refractivity contribution in [1.29, 1.82) is 0 Å². The molecule has 1 atom stereocenters. The lowest BCUT2D eigenvalue weighted by atomic mass is 9.73. The minimum absolute atomic E-state index is 0.0622. The number of ether oxygens (including phenoxy) is 3. The quantitative estimate of drug-likeness (QED) is 0.156. The van der Waals surface area contributed by atoms with Crippen LogP contribution in [0, 0.1) is 17.6 Å². The third-order valence-electron chi connectivity index (χ3n) is 8.81. The van der Waals surface area contributed by atoms with E-state index >= 15 is 8.78 Å². The number of hydrogen-bond donors (Lipinski definition) is 0. The third kappa shape index (κ3) is 8.10. The fourth-order valence-corrected chi connectivity index (χ4v) is 6.68. The van der Waals surface area contributed by atoms with Crippen molar-refractivity contribution in [2.75, 3.05) is 33.2 Å². The molecule has 0 spiro atoms. The van der Waals surface area contributed by atoms with Crippen LogP contribution in [0.2, 0.25) is 0 Å². The maximum absolute atomic E-state index is 15.7. The Hall–Kier alpha value is -2.44. The molecule has 2 aliphatic rings. The van der Waals surface area contributed by atoms with Crippen LogP contribution in [0.4, 0.5) is 17.6 Å². The number of rotatable bonds is 15. The van der Waals surface area contributed by atoms with Gasteiger partial charge in [0, 0.05) is 5.56 Å². The van der Waals surface area contributed by atoms with Crippen molar-refractivity contribution in [3.63, 3.8) is 0 Å². The first-order valence-corrected chi connectivity index (χ1v) is 15.7. The van der Waals surface area contributed by atoms with E-state index in [4.69, 9.17) is 14.2 Å². The molecule has 0 amide bonds. The Morgan fingerprint density at radius 3 is 2.05 bits per heavy atom. The fraction of sp³-hybridized carbons (Fsp3) is 0.647. The highest BCUT2D eigenvalue weighted by atomic mass is 19.2. The largest absolute Gasteiger partial charge is 0.490 e. The zero-order valence-electron chi connectivity index (χ0n) is 24.5. The lowest BCUT2D eigenvalue weighted by Crippen LogP contribution is -2.21. The van der Waals surface area contributed by atoms with Gasteiger partial charge in [0.05, 0.1) is 6.61 Å². The summed E-state index contributed by atoms with van der Waals surface area (Å²) in [5, 5.41) is 0. The first kappa shape index (κ1) is 31.5. The van der Waals surface area contributed by atoms with Crippen LogP contribution in [0.3, 0.4) is 0 Å². The first-order valence-electron chi connectivity index (χ1n) is 15.7. The van der Waals surface area contributed by atoms with Gasteiger partial charge in [-0.25, -0.2) is 13.2 Å². The van der Waals surface area contributed by atoms with Crippen LogP contribution < -0.4 is 14.2 Å². The molecule has 7 heteroatoms. The molecule has 2 aromatic carbocycles. The normalized spacial score (nSPS) is 17.4. The molecule has 0 aromatic heterocycles. The summed E-state index contributed by atoms with van der Waals surface area (Å²) >= 11 is 0. The molecule has 0 saturated heterocycles. The van der Waals surface area contributed by atoms with E-state index in [0.29, 0.717) is 30.1 Å². The lowest BCUT2D eigenvalue weighted by molar-refractivity contribution is 0.228. The summed E-state index contributed by atoms with van der Waals surface area (Å²) in [7, 11) is 0. The highest BCUT2D eigenvalue weighted by Gasteiger charge is 2.32. The van der Waals surface area contributed by atoms with Crippen LogP contribution in [0.5, 0.6) is 17.2 Å². The van der Waals surface area contributed by atoms with Crippen LogP contribution >= 0.6 is 0 Å². The van der Waals surface area contributed by atoms with Gasteiger partial charge >= 0.3 is 0 Å². The SMILES string of the molecule is CCCCOc1ccc(C(Cc2ccc(C3CCCCC3)c(OCCF)c2OCCF)C2CCCCC2)c(F)c1F. The van der Waals surface area contributed by atoms with E-state index in [9.17, 15) is 8.78 Å². The molecule has 0 bridgehead atoms. The van der Waals surface area contributed by atoms with Gasteiger partial charge in [0.15, 0.2) is 23.1 Å². The summed E-state index contributed by atoms with van der Waals surface area (Å²) in [6, 6.07) is 7.21. The van der Waals surface area contributed by atoms with Gasteiger partial charge < -0.3 is 14.2 Å². The van der Waals surface area contributed by atoms with Crippen molar-refractivity contribution in [2.24, 2.45) is 5.92 Å². The highest BCUT2D eigenvalue weighted by molar-refractivity contribution is 5.54. The zero-order valence-corrected chi connectivity index (χ0v) is 24.5. The maximum atomic E-state index is 15.7. The molecule has 3 nitrogen and oxygen atoms in total. The van der Waals surface area contributed by atoms with Crippen molar-refractivity contribution in [3.05, 3.63) is 52.6 Å². The van der Waals surface area contributed by atoms with Gasteiger partial charge in [-0.3, -0.25) is 0 Å². The van der Waals surface area contributed by atoms with Crippen molar-refractivity contribution in [1.82, 2.24) is 0 Å². The Morgan fingerprint density at radius 1 is 0.732 bits per heavy atom. The Kier molecular flexibility index (Phi) is 12.5. The van der Waals surface area contributed by atoms with Gasteiger partial charge in [0.2, 0.25) is 5.82 Å². The van der Waals surface area contributed by atoms with E-state index in [0.717, 1.165) is 81.8 Å². The van der Waals surface area contributed by atoms with Crippen LogP contribution in [0.15, 0.2) is 24.3 Å². The summed E-state index contributed by atoms with van der Waals surface area (Å²) in [6.45, 7) is 0.732. The summed E-state index contributed by atoms with van der Waals surface area (Å²) < 4.78 is 75.2. The number of hydrogen-bond acceptors (Lipinski definition) is 3. The maximum Gasteiger partial charge on any atom is 0.200 e.